The first kappa shape index (κ1) is 18.3. The van der Waals surface area contributed by atoms with Crippen molar-refractivity contribution in [1.82, 2.24) is 9.55 Å². The summed E-state index contributed by atoms with van der Waals surface area (Å²) in [6.07, 6.45) is 0. The van der Waals surface area contributed by atoms with Crippen LogP contribution in [0.2, 0.25) is 0 Å². The molecule has 6 nitrogen and oxygen atoms in total. The molecule has 0 atom stereocenters. The third kappa shape index (κ3) is 3.29. The first-order valence-electron chi connectivity index (χ1n) is 8.67. The normalized spacial score (nSPS) is 11.2. The van der Waals surface area contributed by atoms with Crippen LogP contribution in [0.25, 0.3) is 21.9 Å². The van der Waals surface area contributed by atoms with Gasteiger partial charge in [0.15, 0.2) is 5.16 Å². The summed E-state index contributed by atoms with van der Waals surface area (Å²) >= 11 is 1.41. The maximum absolute atomic E-state index is 12.7. The van der Waals surface area contributed by atoms with Crippen LogP contribution in [0, 0.1) is 6.92 Å². The molecule has 4 rings (SSSR count). The molecule has 28 heavy (non-hydrogen) atoms. The van der Waals surface area contributed by atoms with E-state index in [1.807, 2.05) is 37.3 Å². The average Bonchev–Trinajstić information content (AvgIpc) is 2.69. The zero-order chi connectivity index (χ0) is 19.8. The molecule has 0 spiro atoms. The van der Waals surface area contributed by atoms with E-state index in [0.29, 0.717) is 33.1 Å². The molecule has 7 heteroatoms. The summed E-state index contributed by atoms with van der Waals surface area (Å²) in [5.74, 6) is 1.10. The molecule has 0 amide bonds. The second-order valence-corrected chi connectivity index (χ2v) is 7.46. The van der Waals surface area contributed by atoms with Crippen LogP contribution in [0.1, 0.15) is 11.1 Å². The summed E-state index contributed by atoms with van der Waals surface area (Å²) in [4.78, 5) is 29.3. The molecule has 2 heterocycles. The number of hydrogen-bond donors (Lipinski definition) is 0. The number of benzene rings is 2. The molecule has 0 saturated heterocycles. The fraction of sp³-hybridized carbons (Fsp3) is 0.190. The number of methoxy groups -OCH3 is 1. The molecule has 2 aromatic carbocycles. The Bertz CT molecular complexity index is 1320. The third-order valence-electron chi connectivity index (χ3n) is 4.58. The van der Waals surface area contributed by atoms with Crippen molar-refractivity contribution in [3.05, 3.63) is 74.4 Å². The van der Waals surface area contributed by atoms with Crippen LogP contribution in [-0.2, 0) is 12.8 Å². The number of aromatic nitrogens is 2. The number of nitrogens with zero attached hydrogens (tertiary/aromatic N) is 2. The minimum atomic E-state index is -0.424. The van der Waals surface area contributed by atoms with Gasteiger partial charge in [0.25, 0.3) is 5.56 Å². The summed E-state index contributed by atoms with van der Waals surface area (Å²) < 4.78 is 12.0. The van der Waals surface area contributed by atoms with Crippen LogP contribution in [0.3, 0.4) is 0 Å². The summed E-state index contributed by atoms with van der Waals surface area (Å²) in [7, 11) is 3.27. The van der Waals surface area contributed by atoms with Gasteiger partial charge in [-0.15, -0.1) is 0 Å². The number of fused-ring (bicyclic) bond motifs is 2. The molecular weight excluding hydrogens is 376 g/mol. The monoisotopic (exact) mass is 394 g/mol. The Morgan fingerprint density at radius 1 is 1.11 bits per heavy atom. The van der Waals surface area contributed by atoms with E-state index in [2.05, 4.69) is 4.98 Å². The lowest BCUT2D eigenvalue weighted by Crippen LogP contribution is -2.20. The van der Waals surface area contributed by atoms with Crippen molar-refractivity contribution in [2.45, 2.75) is 17.8 Å². The van der Waals surface area contributed by atoms with Gasteiger partial charge < -0.3 is 9.15 Å². The number of rotatable bonds is 4. The van der Waals surface area contributed by atoms with Crippen LogP contribution >= 0.6 is 11.8 Å². The van der Waals surface area contributed by atoms with Crippen molar-refractivity contribution in [2.75, 3.05) is 7.11 Å². The Morgan fingerprint density at radius 3 is 2.71 bits per heavy atom. The molecular formula is C21H18N2O4S. The van der Waals surface area contributed by atoms with E-state index >= 15 is 0 Å². The van der Waals surface area contributed by atoms with Crippen LogP contribution in [-0.4, -0.2) is 16.7 Å². The Kier molecular flexibility index (Phi) is 4.68. The molecule has 0 radical (unpaired) electrons. The fourth-order valence-corrected chi connectivity index (χ4v) is 4.06. The summed E-state index contributed by atoms with van der Waals surface area (Å²) in [6.45, 7) is 1.95. The molecule has 0 aliphatic rings. The Labute approximate surface area is 164 Å². The van der Waals surface area contributed by atoms with Gasteiger partial charge in [0.2, 0.25) is 0 Å². The molecule has 0 bridgehead atoms. The van der Waals surface area contributed by atoms with Crippen molar-refractivity contribution >= 4 is 33.6 Å². The number of thioether (sulfide) groups is 1. The molecule has 2 aromatic heterocycles. The Hall–Kier alpha value is -3.06. The summed E-state index contributed by atoms with van der Waals surface area (Å²) in [6, 6.07) is 12.5. The van der Waals surface area contributed by atoms with Gasteiger partial charge in [0, 0.05) is 30.3 Å². The van der Waals surface area contributed by atoms with Crippen LogP contribution in [0.15, 0.2) is 61.6 Å². The number of ether oxygens (including phenoxy) is 1. The standard InChI is InChI=1S/C21H18N2O4S/c1-12-4-7-17-16(8-12)20(25)23(2)21(22-17)28-11-13-9-19(24)27-18-10-14(26-3)5-6-15(13)18/h4-10H,11H2,1-3H3. The van der Waals surface area contributed by atoms with E-state index in [-0.39, 0.29) is 5.56 Å². The van der Waals surface area contributed by atoms with E-state index in [1.165, 1.54) is 17.8 Å². The van der Waals surface area contributed by atoms with E-state index in [9.17, 15) is 9.59 Å². The molecule has 4 aromatic rings. The lowest BCUT2D eigenvalue weighted by atomic mass is 10.1. The zero-order valence-electron chi connectivity index (χ0n) is 15.7. The second kappa shape index (κ2) is 7.16. The van der Waals surface area contributed by atoms with Crippen LogP contribution in [0.4, 0.5) is 0 Å². The lowest BCUT2D eigenvalue weighted by molar-refractivity contribution is 0.414. The lowest BCUT2D eigenvalue weighted by Gasteiger charge is -2.10. The SMILES string of the molecule is COc1ccc2c(CSc3nc4ccc(C)cc4c(=O)n3C)cc(=O)oc2c1. The molecule has 142 valence electrons. The van der Waals surface area contributed by atoms with Crippen molar-refractivity contribution < 1.29 is 9.15 Å². The topological polar surface area (TPSA) is 74.3 Å². The zero-order valence-corrected chi connectivity index (χ0v) is 16.5. The quantitative estimate of drug-likeness (QED) is 0.299. The predicted octanol–water partition coefficient (Wildman–Crippen LogP) is 3.65. The van der Waals surface area contributed by atoms with Gasteiger partial charge in [-0.05, 0) is 36.8 Å². The average molecular weight is 394 g/mol. The van der Waals surface area contributed by atoms with Gasteiger partial charge in [-0.3, -0.25) is 9.36 Å². The van der Waals surface area contributed by atoms with Crippen LogP contribution < -0.4 is 15.9 Å². The van der Waals surface area contributed by atoms with Crippen LogP contribution in [0.5, 0.6) is 5.75 Å². The second-order valence-electron chi connectivity index (χ2n) is 6.52. The molecule has 0 aliphatic carbocycles. The Balaban J connectivity index is 1.74. The van der Waals surface area contributed by atoms with E-state index in [4.69, 9.17) is 9.15 Å². The molecule has 0 N–H and O–H groups in total. The maximum atomic E-state index is 12.7. The van der Waals surface area contributed by atoms with Crippen molar-refractivity contribution in [2.24, 2.45) is 7.05 Å². The van der Waals surface area contributed by atoms with E-state index < -0.39 is 5.63 Å². The first-order valence-corrected chi connectivity index (χ1v) is 9.66. The van der Waals surface area contributed by atoms with Gasteiger partial charge in [-0.1, -0.05) is 23.4 Å². The smallest absolute Gasteiger partial charge is 0.336 e. The minimum absolute atomic E-state index is 0.0848. The van der Waals surface area contributed by atoms with Gasteiger partial charge in [0.1, 0.15) is 11.3 Å². The largest absolute Gasteiger partial charge is 0.497 e. The highest BCUT2D eigenvalue weighted by atomic mass is 32.2. The minimum Gasteiger partial charge on any atom is -0.497 e. The van der Waals surface area contributed by atoms with Gasteiger partial charge in [-0.25, -0.2) is 9.78 Å². The fourth-order valence-electron chi connectivity index (χ4n) is 3.09. The van der Waals surface area contributed by atoms with Crippen molar-refractivity contribution in [3.63, 3.8) is 0 Å². The summed E-state index contributed by atoms with van der Waals surface area (Å²) in [5, 5.41) is 2.02. The van der Waals surface area contributed by atoms with Gasteiger partial charge in [-0.2, -0.15) is 0 Å². The maximum Gasteiger partial charge on any atom is 0.336 e. The third-order valence-corrected chi connectivity index (χ3v) is 5.66. The number of aryl methyl sites for hydroxylation is 1. The van der Waals surface area contributed by atoms with Crippen molar-refractivity contribution in [3.8, 4) is 5.75 Å². The van der Waals surface area contributed by atoms with E-state index in [1.54, 1.807) is 24.8 Å². The van der Waals surface area contributed by atoms with Crippen molar-refractivity contribution in [1.29, 1.82) is 0 Å². The molecule has 0 fully saturated rings. The highest BCUT2D eigenvalue weighted by Gasteiger charge is 2.12. The Morgan fingerprint density at radius 2 is 1.93 bits per heavy atom. The van der Waals surface area contributed by atoms with E-state index in [0.717, 1.165) is 16.5 Å². The predicted molar refractivity (Wildman–Crippen MR) is 110 cm³/mol. The highest BCUT2D eigenvalue weighted by molar-refractivity contribution is 7.98. The van der Waals surface area contributed by atoms with Gasteiger partial charge >= 0.3 is 5.63 Å². The molecule has 0 unspecified atom stereocenters. The first-order chi connectivity index (χ1) is 13.5. The molecule has 0 aliphatic heterocycles. The van der Waals surface area contributed by atoms with Gasteiger partial charge in [0.05, 0.1) is 18.0 Å². The number of hydrogen-bond acceptors (Lipinski definition) is 6. The summed E-state index contributed by atoms with van der Waals surface area (Å²) in [5.41, 5.74) is 2.46. The molecule has 0 saturated carbocycles. The highest BCUT2D eigenvalue weighted by Crippen LogP contribution is 2.27.